The number of nitrogens with one attached hydrogen (secondary N) is 2. The highest BCUT2D eigenvalue weighted by Gasteiger charge is 2.25. The summed E-state index contributed by atoms with van der Waals surface area (Å²) >= 11 is 0. The van der Waals surface area contributed by atoms with Crippen LogP contribution in [0.25, 0.3) is 6.08 Å². The molecule has 0 fully saturated rings. The Morgan fingerprint density at radius 2 is 2.12 bits per heavy atom. The first-order chi connectivity index (χ1) is 11.6. The zero-order valence-corrected chi connectivity index (χ0v) is 13.6. The van der Waals surface area contributed by atoms with Gasteiger partial charge in [0.05, 0.1) is 11.8 Å². The number of hydrogen-bond donors (Lipinski definition) is 3. The number of amides is 1. The molecule has 24 heavy (non-hydrogen) atoms. The number of H-pyrrole nitrogens is 1. The lowest BCUT2D eigenvalue weighted by molar-refractivity contribution is -0.116. The van der Waals surface area contributed by atoms with Gasteiger partial charge in [0.2, 0.25) is 0 Å². The largest absolute Gasteiger partial charge is 0.396 e. The molecule has 124 valence electrons. The lowest BCUT2D eigenvalue weighted by Crippen LogP contribution is -2.14. The molecule has 0 atom stereocenters. The Morgan fingerprint density at radius 1 is 1.29 bits per heavy atom. The van der Waals surface area contributed by atoms with Crippen LogP contribution in [0.5, 0.6) is 0 Å². The number of aromatic nitrogens is 3. The molecule has 0 saturated heterocycles. The van der Waals surface area contributed by atoms with E-state index in [-0.39, 0.29) is 12.5 Å². The number of aromatic amines is 1. The number of rotatable bonds is 5. The molecule has 0 spiro atoms. The van der Waals surface area contributed by atoms with Crippen LogP contribution in [0.3, 0.4) is 0 Å². The predicted octanol–water partition coefficient (Wildman–Crippen LogP) is 1.26. The molecule has 1 aliphatic heterocycles. The fraction of sp³-hybridized carbons (Fsp3) is 0.294. The molecule has 3 N–H and O–H groups in total. The fourth-order valence-corrected chi connectivity index (χ4v) is 2.82. The first-order valence-corrected chi connectivity index (χ1v) is 7.77. The van der Waals surface area contributed by atoms with E-state index in [4.69, 9.17) is 5.11 Å². The topological polar surface area (TPSA) is 103 Å². The van der Waals surface area contributed by atoms with Crippen LogP contribution in [0.1, 0.15) is 34.6 Å². The van der Waals surface area contributed by atoms with Crippen molar-refractivity contribution in [1.29, 1.82) is 0 Å². The molecule has 3 rings (SSSR count). The Kier molecular flexibility index (Phi) is 4.52. The van der Waals surface area contributed by atoms with E-state index >= 15 is 0 Å². The highest BCUT2D eigenvalue weighted by molar-refractivity contribution is 6.32. The Morgan fingerprint density at radius 3 is 2.83 bits per heavy atom. The number of nitrogens with zero attached hydrogens (tertiary/aromatic N) is 3. The summed E-state index contributed by atoms with van der Waals surface area (Å²) in [6.07, 6.45) is 8.01. The van der Waals surface area contributed by atoms with Gasteiger partial charge in [0.25, 0.3) is 5.91 Å². The molecule has 0 saturated carbocycles. The number of aliphatic hydroxyl groups is 1. The van der Waals surface area contributed by atoms with Crippen molar-refractivity contribution in [3.8, 4) is 0 Å². The predicted molar refractivity (Wildman–Crippen MR) is 90.4 cm³/mol. The summed E-state index contributed by atoms with van der Waals surface area (Å²) in [6, 6.07) is 0. The van der Waals surface area contributed by atoms with Gasteiger partial charge in [-0.15, -0.1) is 0 Å². The quantitative estimate of drug-likeness (QED) is 0.720. The summed E-state index contributed by atoms with van der Waals surface area (Å²) in [5.41, 5.74) is 8.12. The van der Waals surface area contributed by atoms with Crippen molar-refractivity contribution in [3.63, 3.8) is 0 Å². The van der Waals surface area contributed by atoms with E-state index in [1.54, 1.807) is 24.7 Å². The highest BCUT2D eigenvalue weighted by atomic mass is 16.2. The van der Waals surface area contributed by atoms with E-state index in [9.17, 15) is 4.79 Å². The van der Waals surface area contributed by atoms with Crippen LogP contribution in [-0.2, 0) is 11.2 Å². The van der Waals surface area contributed by atoms with Crippen molar-refractivity contribution in [2.24, 2.45) is 5.10 Å². The highest BCUT2D eigenvalue weighted by Crippen LogP contribution is 2.23. The number of hydrazone groups is 1. The average molecular weight is 325 g/mol. The summed E-state index contributed by atoms with van der Waals surface area (Å²) < 4.78 is 0. The van der Waals surface area contributed by atoms with Crippen molar-refractivity contribution in [3.05, 3.63) is 52.4 Å². The maximum absolute atomic E-state index is 12.1. The first kappa shape index (κ1) is 16.1. The van der Waals surface area contributed by atoms with Crippen molar-refractivity contribution in [2.75, 3.05) is 6.61 Å². The molecular formula is C17H19N5O2. The van der Waals surface area contributed by atoms with Gasteiger partial charge in [-0.2, -0.15) is 5.10 Å². The van der Waals surface area contributed by atoms with Crippen LogP contribution in [0.15, 0.2) is 29.3 Å². The van der Waals surface area contributed by atoms with Gasteiger partial charge >= 0.3 is 0 Å². The molecule has 0 aromatic carbocycles. The van der Waals surface area contributed by atoms with E-state index in [1.165, 1.54) is 5.56 Å². The molecule has 3 heterocycles. The lowest BCUT2D eigenvalue weighted by Gasteiger charge is -2.02. The first-order valence-electron chi connectivity index (χ1n) is 7.77. The van der Waals surface area contributed by atoms with E-state index in [0.29, 0.717) is 23.4 Å². The van der Waals surface area contributed by atoms with Gasteiger partial charge in [-0.1, -0.05) is 0 Å². The van der Waals surface area contributed by atoms with Gasteiger partial charge in [0, 0.05) is 30.4 Å². The third-order valence-electron chi connectivity index (χ3n) is 4.08. The molecule has 7 nitrogen and oxygen atoms in total. The number of carbonyl (C=O) groups excluding carboxylic acids is 1. The fourth-order valence-electron chi connectivity index (χ4n) is 2.82. The number of aryl methyl sites for hydroxylation is 1. The van der Waals surface area contributed by atoms with Crippen LogP contribution < -0.4 is 5.43 Å². The van der Waals surface area contributed by atoms with Crippen LogP contribution in [0, 0.1) is 13.8 Å². The average Bonchev–Trinajstić information content (AvgIpc) is 3.08. The minimum absolute atomic E-state index is 0.159. The van der Waals surface area contributed by atoms with Gasteiger partial charge in [-0.05, 0) is 43.9 Å². The molecule has 2 aromatic heterocycles. The molecular weight excluding hydrogens is 306 g/mol. The van der Waals surface area contributed by atoms with E-state index in [1.807, 2.05) is 13.8 Å². The number of hydrogen-bond acceptors (Lipinski definition) is 5. The molecule has 1 amide bonds. The van der Waals surface area contributed by atoms with Crippen molar-refractivity contribution >= 4 is 17.7 Å². The minimum atomic E-state index is -0.265. The summed E-state index contributed by atoms with van der Waals surface area (Å²) in [5.74, 6) is -0.265. The molecule has 0 unspecified atom stereocenters. The molecule has 1 aliphatic rings. The second-order valence-corrected chi connectivity index (χ2v) is 5.64. The summed E-state index contributed by atoms with van der Waals surface area (Å²) in [7, 11) is 0. The summed E-state index contributed by atoms with van der Waals surface area (Å²) in [5, 5.41) is 13.1. The third-order valence-corrected chi connectivity index (χ3v) is 4.08. The van der Waals surface area contributed by atoms with Gasteiger partial charge in [0.1, 0.15) is 11.4 Å². The summed E-state index contributed by atoms with van der Waals surface area (Å²) in [6.45, 7) is 4.16. The molecule has 7 heteroatoms. The molecule has 0 bridgehead atoms. The SMILES string of the molecule is Cc1[nH]c(C=C2C(=O)NN=C2c2cnccn2)c(C)c1CCCO. The Hall–Kier alpha value is -2.80. The lowest BCUT2D eigenvalue weighted by atomic mass is 10.0. The Balaban J connectivity index is 1.98. The van der Waals surface area contributed by atoms with E-state index in [0.717, 1.165) is 23.4 Å². The minimum Gasteiger partial charge on any atom is -0.396 e. The van der Waals surface area contributed by atoms with Gasteiger partial charge in [-0.3, -0.25) is 14.8 Å². The van der Waals surface area contributed by atoms with Crippen LogP contribution in [0.2, 0.25) is 0 Å². The smallest absolute Gasteiger partial charge is 0.273 e. The molecule has 0 radical (unpaired) electrons. The van der Waals surface area contributed by atoms with E-state index < -0.39 is 0 Å². The maximum atomic E-state index is 12.1. The maximum Gasteiger partial charge on any atom is 0.273 e. The molecule has 0 aliphatic carbocycles. The van der Waals surface area contributed by atoms with Crippen molar-refractivity contribution in [1.82, 2.24) is 20.4 Å². The normalized spacial score (nSPS) is 15.7. The van der Waals surface area contributed by atoms with Crippen molar-refractivity contribution in [2.45, 2.75) is 26.7 Å². The van der Waals surface area contributed by atoms with E-state index in [2.05, 4.69) is 25.5 Å². The van der Waals surface area contributed by atoms with Crippen LogP contribution in [-0.4, -0.2) is 38.3 Å². The third kappa shape index (κ3) is 2.98. The standard InChI is InChI=1S/C17H19N5O2/c1-10-12(4-3-7-23)11(2)20-14(10)8-13-16(21-22-17(13)24)15-9-18-5-6-19-15/h5-6,8-9,20,23H,3-4,7H2,1-2H3,(H,22,24). The zero-order valence-electron chi connectivity index (χ0n) is 13.6. The molecule has 2 aromatic rings. The Labute approximate surface area is 139 Å². The Bertz CT molecular complexity index is 821. The second kappa shape index (κ2) is 6.76. The number of carbonyl (C=O) groups is 1. The zero-order chi connectivity index (χ0) is 17.1. The van der Waals surface area contributed by atoms with Crippen LogP contribution in [0.4, 0.5) is 0 Å². The number of aliphatic hydroxyl groups excluding tert-OH is 1. The monoisotopic (exact) mass is 325 g/mol. The second-order valence-electron chi connectivity index (χ2n) is 5.64. The van der Waals surface area contributed by atoms with Gasteiger partial charge in [0.15, 0.2) is 0 Å². The van der Waals surface area contributed by atoms with Gasteiger partial charge < -0.3 is 10.1 Å². The van der Waals surface area contributed by atoms with Crippen LogP contribution >= 0.6 is 0 Å². The van der Waals surface area contributed by atoms with Gasteiger partial charge in [-0.25, -0.2) is 5.43 Å². The summed E-state index contributed by atoms with van der Waals surface area (Å²) in [4.78, 5) is 23.7. The van der Waals surface area contributed by atoms with Crippen molar-refractivity contribution < 1.29 is 9.90 Å².